The summed E-state index contributed by atoms with van der Waals surface area (Å²) >= 11 is 0. The first-order valence-electron chi connectivity index (χ1n) is 11.0. The highest BCUT2D eigenvalue weighted by Gasteiger charge is 2.32. The monoisotopic (exact) mass is 402 g/mol. The van der Waals surface area contributed by atoms with Crippen LogP contribution >= 0.6 is 0 Å². The number of nitrogens with zero attached hydrogens (tertiary/aromatic N) is 1. The van der Waals surface area contributed by atoms with Crippen molar-refractivity contribution in [3.8, 4) is 5.75 Å². The number of likely N-dealkylation sites (tertiary alicyclic amines) is 2. The summed E-state index contributed by atoms with van der Waals surface area (Å²) in [6.45, 7) is 4.82. The van der Waals surface area contributed by atoms with Crippen molar-refractivity contribution in [2.45, 2.75) is 44.9 Å². The predicted octanol–water partition coefficient (Wildman–Crippen LogP) is 0.301. The quantitative estimate of drug-likeness (QED) is 0.679. The molecule has 2 aliphatic heterocycles. The Labute approximate surface area is 173 Å². The third kappa shape index (κ3) is 6.46. The fourth-order valence-corrected chi connectivity index (χ4v) is 4.84. The lowest BCUT2D eigenvalue weighted by molar-refractivity contribution is -0.905. The van der Waals surface area contributed by atoms with E-state index in [-0.39, 0.29) is 24.2 Å². The summed E-state index contributed by atoms with van der Waals surface area (Å²) in [6.07, 6.45) is 6.12. The van der Waals surface area contributed by atoms with Crippen molar-refractivity contribution >= 4 is 11.9 Å². The van der Waals surface area contributed by atoms with Gasteiger partial charge in [0.1, 0.15) is 5.75 Å². The van der Waals surface area contributed by atoms with Crippen LogP contribution in [0.2, 0.25) is 0 Å². The molecule has 29 heavy (non-hydrogen) atoms. The third-order valence-electron chi connectivity index (χ3n) is 6.62. The van der Waals surface area contributed by atoms with Crippen LogP contribution in [0.4, 0.5) is 0 Å². The second kappa shape index (κ2) is 10.6. The van der Waals surface area contributed by atoms with E-state index in [0.29, 0.717) is 19.5 Å². The van der Waals surface area contributed by atoms with Crippen LogP contribution in [0, 0.1) is 11.8 Å². The standard InChI is InChI=1S/C23H34N2O4/c1-29-21-7-5-18(6-8-21)15-22(26)25-14-10-19(16-23(27)28)20(17-25)9-13-24-11-3-2-4-12-24/h5-8,19-20H,2-4,9-17H2,1H3,(H,27,28)/t19-,20-/m0/s1. The summed E-state index contributed by atoms with van der Waals surface area (Å²) in [5.74, 6) is 0.301. The lowest BCUT2D eigenvalue weighted by atomic mass is 9.80. The van der Waals surface area contributed by atoms with Gasteiger partial charge in [-0.15, -0.1) is 0 Å². The van der Waals surface area contributed by atoms with E-state index < -0.39 is 5.97 Å². The van der Waals surface area contributed by atoms with Gasteiger partial charge < -0.3 is 24.4 Å². The fourth-order valence-electron chi connectivity index (χ4n) is 4.84. The van der Waals surface area contributed by atoms with E-state index in [9.17, 15) is 14.7 Å². The molecule has 1 aromatic carbocycles. The van der Waals surface area contributed by atoms with Gasteiger partial charge in [0.05, 0.1) is 33.2 Å². The number of nitrogens with one attached hydrogen (secondary N) is 1. The summed E-state index contributed by atoms with van der Waals surface area (Å²) < 4.78 is 5.17. The highest BCUT2D eigenvalue weighted by atomic mass is 16.5. The number of carbonyl (C=O) groups excluding carboxylic acids is 2. The number of rotatable bonds is 8. The zero-order chi connectivity index (χ0) is 20.6. The van der Waals surface area contributed by atoms with Crippen LogP contribution in [-0.4, -0.2) is 56.6 Å². The number of hydrogen-bond acceptors (Lipinski definition) is 4. The van der Waals surface area contributed by atoms with Crippen molar-refractivity contribution in [1.82, 2.24) is 4.90 Å². The van der Waals surface area contributed by atoms with E-state index in [2.05, 4.69) is 0 Å². The molecule has 6 nitrogen and oxygen atoms in total. The first kappa shape index (κ1) is 21.6. The van der Waals surface area contributed by atoms with E-state index in [1.807, 2.05) is 29.2 Å². The number of quaternary nitrogens is 1. The first-order chi connectivity index (χ1) is 14.0. The minimum Gasteiger partial charge on any atom is -0.550 e. The van der Waals surface area contributed by atoms with Crippen LogP contribution in [0.15, 0.2) is 24.3 Å². The Morgan fingerprint density at radius 2 is 1.86 bits per heavy atom. The third-order valence-corrected chi connectivity index (χ3v) is 6.62. The molecule has 0 unspecified atom stereocenters. The average molecular weight is 403 g/mol. The number of carboxylic acids is 1. The zero-order valence-corrected chi connectivity index (χ0v) is 17.5. The van der Waals surface area contributed by atoms with E-state index in [1.54, 1.807) is 12.0 Å². The number of ether oxygens (including phenoxy) is 1. The molecule has 0 radical (unpaired) electrons. The van der Waals surface area contributed by atoms with Gasteiger partial charge in [-0.25, -0.2) is 0 Å². The molecule has 2 heterocycles. The molecule has 0 aliphatic carbocycles. The van der Waals surface area contributed by atoms with Crippen LogP contribution in [-0.2, 0) is 16.0 Å². The van der Waals surface area contributed by atoms with Crippen molar-refractivity contribution in [3.05, 3.63) is 29.8 Å². The number of carbonyl (C=O) groups is 2. The Morgan fingerprint density at radius 3 is 2.52 bits per heavy atom. The summed E-state index contributed by atoms with van der Waals surface area (Å²) in [5.41, 5.74) is 0.974. The number of methoxy groups -OCH3 is 1. The highest BCUT2D eigenvalue weighted by molar-refractivity contribution is 5.79. The van der Waals surface area contributed by atoms with Crippen LogP contribution in [0.5, 0.6) is 5.75 Å². The second-order valence-corrected chi connectivity index (χ2v) is 8.60. The van der Waals surface area contributed by atoms with Gasteiger partial charge in [-0.3, -0.25) is 4.79 Å². The van der Waals surface area contributed by atoms with E-state index in [4.69, 9.17) is 4.74 Å². The van der Waals surface area contributed by atoms with Gasteiger partial charge in [-0.1, -0.05) is 12.1 Å². The molecule has 6 heteroatoms. The van der Waals surface area contributed by atoms with Crippen LogP contribution in [0.25, 0.3) is 0 Å². The zero-order valence-electron chi connectivity index (χ0n) is 17.5. The van der Waals surface area contributed by atoms with Crippen LogP contribution in [0.3, 0.4) is 0 Å². The molecule has 1 amide bonds. The Balaban J connectivity index is 1.57. The van der Waals surface area contributed by atoms with Crippen molar-refractivity contribution in [1.29, 1.82) is 0 Å². The molecule has 2 fully saturated rings. The Kier molecular flexibility index (Phi) is 7.92. The Hall–Kier alpha value is -2.08. The van der Waals surface area contributed by atoms with Gasteiger partial charge in [0.15, 0.2) is 0 Å². The number of amides is 1. The largest absolute Gasteiger partial charge is 0.550 e. The van der Waals surface area contributed by atoms with Crippen molar-refractivity contribution in [3.63, 3.8) is 0 Å². The van der Waals surface area contributed by atoms with Gasteiger partial charge in [-0.2, -0.15) is 0 Å². The number of piperidine rings is 2. The van der Waals surface area contributed by atoms with Crippen molar-refractivity contribution in [2.75, 3.05) is 39.8 Å². The predicted molar refractivity (Wildman–Crippen MR) is 109 cm³/mol. The molecule has 0 saturated carbocycles. The molecule has 160 valence electrons. The van der Waals surface area contributed by atoms with Gasteiger partial charge in [0.25, 0.3) is 0 Å². The van der Waals surface area contributed by atoms with Gasteiger partial charge >= 0.3 is 0 Å². The van der Waals surface area contributed by atoms with E-state index in [0.717, 1.165) is 30.7 Å². The molecule has 1 N–H and O–H groups in total. The number of carboxylic acid groups (broad SMARTS) is 1. The maximum absolute atomic E-state index is 12.9. The first-order valence-corrected chi connectivity index (χ1v) is 11.0. The molecular formula is C23H34N2O4. The maximum Gasteiger partial charge on any atom is 0.226 e. The maximum atomic E-state index is 12.9. The Morgan fingerprint density at radius 1 is 1.14 bits per heavy atom. The molecular weight excluding hydrogens is 368 g/mol. The molecule has 2 saturated heterocycles. The highest BCUT2D eigenvalue weighted by Crippen LogP contribution is 2.29. The summed E-state index contributed by atoms with van der Waals surface area (Å²) in [5, 5.41) is 11.2. The molecule has 3 rings (SSSR count). The summed E-state index contributed by atoms with van der Waals surface area (Å²) in [4.78, 5) is 27.7. The molecule has 0 aromatic heterocycles. The summed E-state index contributed by atoms with van der Waals surface area (Å²) in [6, 6.07) is 7.60. The van der Waals surface area contributed by atoms with E-state index >= 15 is 0 Å². The topological polar surface area (TPSA) is 74.1 Å². The number of hydrogen-bond donors (Lipinski definition) is 1. The molecule has 0 spiro atoms. The van der Waals surface area contributed by atoms with Crippen LogP contribution < -0.4 is 14.7 Å². The smallest absolute Gasteiger partial charge is 0.226 e. The molecule has 1 aromatic rings. The normalized spacial score (nSPS) is 23.0. The SMILES string of the molecule is COc1ccc(CC(=O)N2CC[C@@H](CC(=O)[O-])[C@@H](CC[NH+]3CCCCC3)C2)cc1. The lowest BCUT2D eigenvalue weighted by Gasteiger charge is -2.39. The van der Waals surface area contributed by atoms with Crippen LogP contribution in [0.1, 0.15) is 44.1 Å². The molecule has 2 atom stereocenters. The second-order valence-electron chi connectivity index (χ2n) is 8.60. The molecule has 0 bridgehead atoms. The van der Waals surface area contributed by atoms with Gasteiger partial charge in [0, 0.05) is 25.5 Å². The number of benzene rings is 1. The average Bonchev–Trinajstić information content (AvgIpc) is 2.74. The van der Waals surface area contributed by atoms with Gasteiger partial charge in [-0.05, 0) is 61.6 Å². The summed E-state index contributed by atoms with van der Waals surface area (Å²) in [7, 11) is 1.63. The van der Waals surface area contributed by atoms with E-state index in [1.165, 1.54) is 32.4 Å². The van der Waals surface area contributed by atoms with Gasteiger partial charge in [0.2, 0.25) is 5.91 Å². The van der Waals surface area contributed by atoms with Crippen molar-refractivity contribution < 1.29 is 24.3 Å². The minimum atomic E-state index is -0.969. The fraction of sp³-hybridized carbons (Fsp3) is 0.652. The number of aliphatic carboxylic acids is 1. The minimum absolute atomic E-state index is 0.112. The lowest BCUT2D eigenvalue weighted by Crippen LogP contribution is -3.12. The Bertz CT molecular complexity index is 670. The molecule has 2 aliphatic rings. The van der Waals surface area contributed by atoms with Crippen molar-refractivity contribution in [2.24, 2.45) is 11.8 Å².